The third kappa shape index (κ3) is 3.76. The Morgan fingerprint density at radius 1 is 0.591 bits per heavy atom. The van der Waals surface area contributed by atoms with Crippen molar-refractivity contribution < 1.29 is 0 Å². The van der Waals surface area contributed by atoms with E-state index >= 15 is 0 Å². The predicted molar refractivity (Wildman–Crippen MR) is 96.2 cm³/mol. The second-order valence-electron chi connectivity index (χ2n) is 7.83. The molecule has 0 amide bonds. The highest BCUT2D eigenvalue weighted by atomic mass is 14.4. The van der Waals surface area contributed by atoms with Gasteiger partial charge in [0.2, 0.25) is 0 Å². The van der Waals surface area contributed by atoms with Crippen molar-refractivity contribution in [2.45, 2.75) is 95.3 Å². The molecule has 1 aromatic rings. The molecule has 0 bridgehead atoms. The second kappa shape index (κ2) is 8.18. The summed E-state index contributed by atoms with van der Waals surface area (Å²) in [6.45, 7) is 0. The number of hydrogen-bond donors (Lipinski definition) is 0. The highest BCUT2D eigenvalue weighted by Crippen LogP contribution is 2.48. The highest BCUT2D eigenvalue weighted by molar-refractivity contribution is 5.27. The molecule has 3 rings (SSSR count). The summed E-state index contributed by atoms with van der Waals surface area (Å²) in [5, 5.41) is 0. The van der Waals surface area contributed by atoms with Crippen molar-refractivity contribution in [1.82, 2.24) is 0 Å². The largest absolute Gasteiger partial charge is 0.0622 e. The minimum Gasteiger partial charge on any atom is -0.0622 e. The van der Waals surface area contributed by atoms with Gasteiger partial charge >= 0.3 is 0 Å². The van der Waals surface area contributed by atoms with E-state index in [2.05, 4.69) is 30.3 Å². The Kier molecular flexibility index (Phi) is 5.98. The van der Waals surface area contributed by atoms with Crippen LogP contribution in [-0.2, 0) is 5.41 Å². The van der Waals surface area contributed by atoms with E-state index in [-0.39, 0.29) is 0 Å². The van der Waals surface area contributed by atoms with Gasteiger partial charge in [0.1, 0.15) is 0 Å². The smallest absolute Gasteiger partial charge is 0.00188 e. The lowest BCUT2D eigenvalue weighted by Gasteiger charge is -2.44. The van der Waals surface area contributed by atoms with Crippen LogP contribution < -0.4 is 0 Å². The van der Waals surface area contributed by atoms with Crippen molar-refractivity contribution in [3.05, 3.63) is 35.9 Å². The summed E-state index contributed by atoms with van der Waals surface area (Å²) in [7, 11) is 0. The Morgan fingerprint density at radius 2 is 1.09 bits per heavy atom. The van der Waals surface area contributed by atoms with Crippen LogP contribution in [-0.4, -0.2) is 0 Å². The van der Waals surface area contributed by atoms with Crippen LogP contribution in [0.15, 0.2) is 30.3 Å². The molecule has 0 unspecified atom stereocenters. The summed E-state index contributed by atoms with van der Waals surface area (Å²) < 4.78 is 0. The predicted octanol–water partition coefficient (Wildman–Crippen LogP) is 7.03. The quantitative estimate of drug-likeness (QED) is 0.550. The van der Waals surface area contributed by atoms with Crippen molar-refractivity contribution in [3.8, 4) is 0 Å². The lowest BCUT2D eigenvalue weighted by atomic mass is 9.60. The third-order valence-electron chi connectivity index (χ3n) is 6.48. The normalized spacial score (nSPS) is 24.7. The molecule has 0 aliphatic heterocycles. The molecule has 122 valence electrons. The zero-order valence-corrected chi connectivity index (χ0v) is 14.4. The maximum Gasteiger partial charge on any atom is -0.00188 e. The van der Waals surface area contributed by atoms with Gasteiger partial charge in [0.05, 0.1) is 0 Å². The van der Waals surface area contributed by atoms with Crippen LogP contribution in [0, 0.1) is 5.92 Å². The average Bonchev–Trinajstić information content (AvgIpc) is 2.61. The van der Waals surface area contributed by atoms with Crippen LogP contribution in [0.3, 0.4) is 0 Å². The van der Waals surface area contributed by atoms with Crippen molar-refractivity contribution in [2.24, 2.45) is 5.92 Å². The number of benzene rings is 1. The van der Waals surface area contributed by atoms with E-state index in [0.717, 1.165) is 5.92 Å². The molecule has 2 saturated carbocycles. The van der Waals surface area contributed by atoms with Crippen molar-refractivity contribution >= 4 is 0 Å². The summed E-state index contributed by atoms with van der Waals surface area (Å²) in [5.74, 6) is 0.947. The first-order valence-electron chi connectivity index (χ1n) is 9.97. The molecule has 1 aromatic carbocycles. The van der Waals surface area contributed by atoms with Crippen LogP contribution in [0.25, 0.3) is 0 Å². The van der Waals surface area contributed by atoms with Crippen LogP contribution in [0.2, 0.25) is 0 Å². The van der Waals surface area contributed by atoms with E-state index < -0.39 is 0 Å². The van der Waals surface area contributed by atoms with Gasteiger partial charge < -0.3 is 0 Å². The molecule has 2 fully saturated rings. The Balaban J connectivity index is 1.88. The maximum absolute atomic E-state index is 2.44. The average molecular weight is 299 g/mol. The molecule has 0 nitrogen and oxygen atoms in total. The first-order chi connectivity index (χ1) is 10.9. The molecular weight excluding hydrogens is 264 g/mol. The van der Waals surface area contributed by atoms with Gasteiger partial charge in [0.25, 0.3) is 0 Å². The second-order valence-corrected chi connectivity index (χ2v) is 7.83. The maximum atomic E-state index is 2.44. The zero-order chi connectivity index (χ0) is 15.1. The highest BCUT2D eigenvalue weighted by Gasteiger charge is 2.39. The molecule has 22 heavy (non-hydrogen) atoms. The lowest BCUT2D eigenvalue weighted by molar-refractivity contribution is 0.164. The topological polar surface area (TPSA) is 0 Å². The zero-order valence-electron chi connectivity index (χ0n) is 14.4. The van der Waals surface area contributed by atoms with Gasteiger partial charge in [-0.2, -0.15) is 0 Å². The van der Waals surface area contributed by atoms with Crippen molar-refractivity contribution in [3.63, 3.8) is 0 Å². The van der Waals surface area contributed by atoms with Gasteiger partial charge in [-0.3, -0.25) is 0 Å². The fourth-order valence-electron chi connectivity index (χ4n) is 5.25. The van der Waals surface area contributed by atoms with E-state index in [1.807, 2.05) is 0 Å². The molecule has 0 spiro atoms. The molecule has 2 aliphatic carbocycles. The number of rotatable bonds is 2. The lowest BCUT2D eigenvalue weighted by Crippen LogP contribution is -2.37. The third-order valence-corrected chi connectivity index (χ3v) is 6.48. The molecule has 0 heterocycles. The Morgan fingerprint density at radius 3 is 1.68 bits per heavy atom. The van der Waals surface area contributed by atoms with Crippen LogP contribution >= 0.6 is 0 Å². The summed E-state index contributed by atoms with van der Waals surface area (Å²) in [6.07, 6.45) is 20.5. The van der Waals surface area contributed by atoms with E-state index in [0.29, 0.717) is 5.41 Å². The molecule has 0 saturated heterocycles. The van der Waals surface area contributed by atoms with E-state index in [1.54, 1.807) is 5.56 Å². The minimum absolute atomic E-state index is 0.499. The molecule has 0 N–H and O–H groups in total. The Hall–Kier alpha value is -0.780. The monoisotopic (exact) mass is 298 g/mol. The fraction of sp³-hybridized carbons (Fsp3) is 0.727. The Bertz CT molecular complexity index is 403. The fourth-order valence-corrected chi connectivity index (χ4v) is 5.25. The van der Waals surface area contributed by atoms with Crippen LogP contribution in [0.1, 0.15) is 95.5 Å². The minimum atomic E-state index is 0.499. The first kappa shape index (κ1) is 16.1. The summed E-state index contributed by atoms with van der Waals surface area (Å²) in [4.78, 5) is 0. The summed E-state index contributed by atoms with van der Waals surface area (Å²) in [6, 6.07) is 11.6. The molecular formula is C22H34. The standard InChI is InChI=1S/C22H34/c1-2-4-12-18-22(19-13-5-3-1,20-14-8-6-9-15-20)21-16-10-7-11-17-21/h6,8-9,14-15,21H,1-5,7,10-13,16-19H2. The first-order valence-corrected chi connectivity index (χ1v) is 9.97. The van der Waals surface area contributed by atoms with Gasteiger partial charge in [-0.05, 0) is 42.6 Å². The van der Waals surface area contributed by atoms with Gasteiger partial charge in [0, 0.05) is 0 Å². The van der Waals surface area contributed by atoms with Crippen LogP contribution in [0.4, 0.5) is 0 Å². The Labute approximate surface area is 137 Å². The SMILES string of the molecule is c1ccc(C2(C3CCCCC3)CCCCCCCCC2)cc1. The molecule has 2 aliphatic rings. The van der Waals surface area contributed by atoms with E-state index in [4.69, 9.17) is 0 Å². The molecule has 0 radical (unpaired) electrons. The summed E-state index contributed by atoms with van der Waals surface area (Å²) >= 11 is 0. The van der Waals surface area contributed by atoms with Gasteiger partial charge in [-0.25, -0.2) is 0 Å². The van der Waals surface area contributed by atoms with Gasteiger partial charge in [0.15, 0.2) is 0 Å². The molecule has 0 heteroatoms. The molecule has 0 aromatic heterocycles. The van der Waals surface area contributed by atoms with Gasteiger partial charge in [-0.15, -0.1) is 0 Å². The van der Waals surface area contributed by atoms with Crippen molar-refractivity contribution in [2.75, 3.05) is 0 Å². The van der Waals surface area contributed by atoms with E-state index in [1.165, 1.54) is 89.9 Å². The van der Waals surface area contributed by atoms with Crippen molar-refractivity contribution in [1.29, 1.82) is 0 Å². The van der Waals surface area contributed by atoms with Crippen LogP contribution in [0.5, 0.6) is 0 Å². The molecule has 0 atom stereocenters. The number of hydrogen-bond acceptors (Lipinski definition) is 0. The van der Waals surface area contributed by atoms with Gasteiger partial charge in [-0.1, -0.05) is 94.5 Å². The summed E-state index contributed by atoms with van der Waals surface area (Å²) in [5.41, 5.74) is 2.17. The van der Waals surface area contributed by atoms with E-state index in [9.17, 15) is 0 Å².